The van der Waals surface area contributed by atoms with Crippen molar-refractivity contribution >= 4 is 9.84 Å². The van der Waals surface area contributed by atoms with Crippen molar-refractivity contribution in [2.24, 2.45) is 5.73 Å². The third kappa shape index (κ3) is 4.26. The summed E-state index contributed by atoms with van der Waals surface area (Å²) in [6, 6.07) is 4.79. The number of rotatable bonds is 3. The van der Waals surface area contributed by atoms with E-state index < -0.39 is 9.84 Å². The summed E-state index contributed by atoms with van der Waals surface area (Å²) in [7, 11) is -2.90. The standard InChI is InChI=1S/C13H19FN2O2S/c14-13-7-11(9-15)6-12(8-13)10-16-2-1-4-19(17,18)5-3-16/h6-8H,1-5,9-10,15H2. The van der Waals surface area contributed by atoms with Gasteiger partial charge >= 0.3 is 0 Å². The smallest absolute Gasteiger partial charge is 0.151 e. The van der Waals surface area contributed by atoms with Gasteiger partial charge in [-0.15, -0.1) is 0 Å². The maximum absolute atomic E-state index is 13.4. The highest BCUT2D eigenvalue weighted by Gasteiger charge is 2.19. The first kappa shape index (κ1) is 14.4. The molecule has 106 valence electrons. The summed E-state index contributed by atoms with van der Waals surface area (Å²) in [5, 5.41) is 0. The van der Waals surface area contributed by atoms with Crippen molar-refractivity contribution in [3.8, 4) is 0 Å². The molecular weight excluding hydrogens is 267 g/mol. The van der Waals surface area contributed by atoms with Gasteiger partial charge in [-0.2, -0.15) is 0 Å². The predicted molar refractivity (Wildman–Crippen MR) is 72.8 cm³/mol. The number of hydrogen-bond acceptors (Lipinski definition) is 4. The maximum atomic E-state index is 13.4. The molecule has 0 saturated carbocycles. The molecule has 1 saturated heterocycles. The number of halogens is 1. The molecular formula is C13H19FN2O2S. The minimum absolute atomic E-state index is 0.187. The van der Waals surface area contributed by atoms with Gasteiger partial charge in [0.05, 0.1) is 11.5 Å². The fourth-order valence-corrected chi connectivity index (χ4v) is 3.64. The lowest BCUT2D eigenvalue weighted by Gasteiger charge is -2.19. The van der Waals surface area contributed by atoms with Crippen LogP contribution in [-0.4, -0.2) is 37.9 Å². The first-order valence-electron chi connectivity index (χ1n) is 6.40. The van der Waals surface area contributed by atoms with Crippen molar-refractivity contribution in [3.05, 3.63) is 35.1 Å². The zero-order valence-corrected chi connectivity index (χ0v) is 11.6. The number of hydrogen-bond donors (Lipinski definition) is 1. The molecule has 0 bridgehead atoms. The summed E-state index contributed by atoms with van der Waals surface area (Å²) in [5.74, 6) is 0.146. The number of nitrogens with zero attached hydrogens (tertiary/aromatic N) is 1. The van der Waals surface area contributed by atoms with Gasteiger partial charge in [0, 0.05) is 19.6 Å². The van der Waals surface area contributed by atoms with Crippen LogP contribution >= 0.6 is 0 Å². The van der Waals surface area contributed by atoms with E-state index in [-0.39, 0.29) is 17.3 Å². The van der Waals surface area contributed by atoms with Crippen molar-refractivity contribution in [1.29, 1.82) is 0 Å². The lowest BCUT2D eigenvalue weighted by molar-refractivity contribution is 0.287. The van der Waals surface area contributed by atoms with Crippen LogP contribution in [0.25, 0.3) is 0 Å². The molecule has 0 atom stereocenters. The number of sulfone groups is 1. The van der Waals surface area contributed by atoms with Crippen LogP contribution in [0.3, 0.4) is 0 Å². The molecule has 6 heteroatoms. The molecule has 4 nitrogen and oxygen atoms in total. The van der Waals surface area contributed by atoms with E-state index in [9.17, 15) is 12.8 Å². The van der Waals surface area contributed by atoms with E-state index in [0.29, 0.717) is 26.1 Å². The van der Waals surface area contributed by atoms with Gasteiger partial charge in [-0.3, -0.25) is 4.90 Å². The second kappa shape index (κ2) is 5.98. The summed E-state index contributed by atoms with van der Waals surface area (Å²) in [6.07, 6.45) is 0.640. The first-order chi connectivity index (χ1) is 8.98. The van der Waals surface area contributed by atoms with Gasteiger partial charge in [0.2, 0.25) is 0 Å². The summed E-state index contributed by atoms with van der Waals surface area (Å²) >= 11 is 0. The molecule has 1 fully saturated rings. The fraction of sp³-hybridized carbons (Fsp3) is 0.538. The van der Waals surface area contributed by atoms with Gasteiger partial charge in [0.1, 0.15) is 5.82 Å². The summed E-state index contributed by atoms with van der Waals surface area (Å²) in [4.78, 5) is 2.06. The average Bonchev–Trinajstić information content (AvgIpc) is 2.50. The van der Waals surface area contributed by atoms with Crippen LogP contribution in [0.1, 0.15) is 17.5 Å². The van der Waals surface area contributed by atoms with Gasteiger partial charge in [-0.25, -0.2) is 12.8 Å². The monoisotopic (exact) mass is 286 g/mol. The maximum Gasteiger partial charge on any atom is 0.151 e. The predicted octanol–water partition coefficient (Wildman–Crippen LogP) is 0.905. The van der Waals surface area contributed by atoms with E-state index in [1.165, 1.54) is 12.1 Å². The highest BCUT2D eigenvalue weighted by Crippen LogP contribution is 2.13. The van der Waals surface area contributed by atoms with E-state index in [1.54, 1.807) is 0 Å². The second-order valence-electron chi connectivity index (χ2n) is 4.95. The molecule has 2 N–H and O–H groups in total. The zero-order valence-electron chi connectivity index (χ0n) is 10.8. The molecule has 2 rings (SSSR count). The van der Waals surface area contributed by atoms with Crippen LogP contribution in [0.4, 0.5) is 4.39 Å². The molecule has 1 aromatic rings. The van der Waals surface area contributed by atoms with E-state index in [4.69, 9.17) is 5.73 Å². The Balaban J connectivity index is 2.06. The van der Waals surface area contributed by atoms with Gasteiger partial charge in [0.25, 0.3) is 0 Å². The Morgan fingerprint density at radius 1 is 1.16 bits per heavy atom. The Morgan fingerprint density at radius 2 is 1.89 bits per heavy atom. The average molecular weight is 286 g/mol. The van der Waals surface area contributed by atoms with Crippen molar-refractivity contribution in [2.45, 2.75) is 19.5 Å². The summed E-state index contributed by atoms with van der Waals surface area (Å²) < 4.78 is 36.4. The van der Waals surface area contributed by atoms with Crippen molar-refractivity contribution in [2.75, 3.05) is 24.6 Å². The van der Waals surface area contributed by atoms with E-state index >= 15 is 0 Å². The Labute approximate surface area is 113 Å². The topological polar surface area (TPSA) is 63.4 Å². The summed E-state index contributed by atoms with van der Waals surface area (Å²) in [6.45, 7) is 2.12. The molecule has 1 aromatic carbocycles. The molecule has 1 aliphatic heterocycles. The van der Waals surface area contributed by atoms with Gasteiger partial charge in [-0.1, -0.05) is 6.07 Å². The molecule has 0 unspecified atom stereocenters. The van der Waals surface area contributed by atoms with Crippen molar-refractivity contribution in [1.82, 2.24) is 4.90 Å². The molecule has 1 aliphatic rings. The lowest BCUT2D eigenvalue weighted by atomic mass is 10.1. The normalized spacial score (nSPS) is 20.1. The van der Waals surface area contributed by atoms with Gasteiger partial charge in [-0.05, 0) is 36.2 Å². The minimum Gasteiger partial charge on any atom is -0.326 e. The van der Waals surface area contributed by atoms with Crippen LogP contribution in [0, 0.1) is 5.82 Å². The second-order valence-corrected chi connectivity index (χ2v) is 7.26. The van der Waals surface area contributed by atoms with E-state index in [2.05, 4.69) is 4.90 Å². The largest absolute Gasteiger partial charge is 0.326 e. The summed E-state index contributed by atoms with van der Waals surface area (Å²) in [5.41, 5.74) is 7.13. The third-order valence-electron chi connectivity index (χ3n) is 3.31. The lowest BCUT2D eigenvalue weighted by Crippen LogP contribution is -2.26. The highest BCUT2D eigenvalue weighted by molar-refractivity contribution is 7.91. The van der Waals surface area contributed by atoms with E-state index in [0.717, 1.165) is 17.7 Å². The Bertz CT molecular complexity index is 546. The molecule has 0 aliphatic carbocycles. The molecule has 0 aromatic heterocycles. The van der Waals surface area contributed by atoms with Gasteiger partial charge in [0.15, 0.2) is 9.84 Å². The molecule has 0 radical (unpaired) electrons. The quantitative estimate of drug-likeness (QED) is 0.897. The van der Waals surface area contributed by atoms with Gasteiger partial charge < -0.3 is 5.73 Å². The van der Waals surface area contributed by atoms with Crippen LogP contribution in [0.15, 0.2) is 18.2 Å². The van der Waals surface area contributed by atoms with E-state index in [1.807, 2.05) is 6.07 Å². The minimum atomic E-state index is -2.90. The first-order valence-corrected chi connectivity index (χ1v) is 8.22. The fourth-order valence-electron chi connectivity index (χ4n) is 2.33. The SMILES string of the molecule is NCc1cc(F)cc(CN2CCCS(=O)(=O)CC2)c1. The zero-order chi connectivity index (χ0) is 13.9. The Kier molecular flexibility index (Phi) is 4.54. The van der Waals surface area contributed by atoms with Crippen LogP contribution in [-0.2, 0) is 22.9 Å². The number of nitrogens with two attached hydrogens (primary N) is 1. The molecule has 19 heavy (non-hydrogen) atoms. The Hall–Kier alpha value is -0.980. The molecule has 0 amide bonds. The van der Waals surface area contributed by atoms with Crippen molar-refractivity contribution in [3.63, 3.8) is 0 Å². The van der Waals surface area contributed by atoms with Crippen LogP contribution in [0.2, 0.25) is 0 Å². The molecule has 0 spiro atoms. The van der Waals surface area contributed by atoms with Crippen LogP contribution in [0.5, 0.6) is 0 Å². The van der Waals surface area contributed by atoms with Crippen LogP contribution < -0.4 is 5.73 Å². The third-order valence-corrected chi connectivity index (χ3v) is 5.02. The highest BCUT2D eigenvalue weighted by atomic mass is 32.2. The van der Waals surface area contributed by atoms with Crippen molar-refractivity contribution < 1.29 is 12.8 Å². The number of benzene rings is 1. The molecule has 1 heterocycles. The Morgan fingerprint density at radius 3 is 2.63 bits per heavy atom.